The predicted molar refractivity (Wildman–Crippen MR) is 124 cm³/mol. The average molecular weight is 526 g/mol. The van der Waals surface area contributed by atoms with Gasteiger partial charge >= 0.3 is 0 Å². The number of hydrogen-bond acceptors (Lipinski definition) is 5. The van der Waals surface area contributed by atoms with Crippen molar-refractivity contribution >= 4 is 41.7 Å². The van der Waals surface area contributed by atoms with Gasteiger partial charge in [-0.25, -0.2) is 4.39 Å². The number of halogens is 2. The molecule has 3 N–H and O–H groups in total. The molecule has 0 spiro atoms. The summed E-state index contributed by atoms with van der Waals surface area (Å²) in [6.07, 6.45) is 0. The summed E-state index contributed by atoms with van der Waals surface area (Å²) in [5.74, 6) is 1.19. The summed E-state index contributed by atoms with van der Waals surface area (Å²) < 4.78 is 19.0. The van der Waals surface area contributed by atoms with Crippen molar-refractivity contribution in [2.24, 2.45) is 4.99 Å². The van der Waals surface area contributed by atoms with Crippen LogP contribution in [0.5, 0.6) is 0 Å². The summed E-state index contributed by atoms with van der Waals surface area (Å²) >= 11 is 1.47. The largest absolute Gasteiger partial charge is 0.387 e. The molecule has 1 atom stereocenters. The molecule has 1 heterocycles. The van der Waals surface area contributed by atoms with E-state index in [4.69, 9.17) is 4.74 Å². The zero-order valence-electron chi connectivity index (χ0n) is 16.6. The topological polar surface area (TPSA) is 69.1 Å². The van der Waals surface area contributed by atoms with Crippen LogP contribution in [0, 0.1) is 5.82 Å². The number of morpholine rings is 1. The van der Waals surface area contributed by atoms with E-state index in [1.807, 2.05) is 19.9 Å². The van der Waals surface area contributed by atoms with Crippen molar-refractivity contribution < 1.29 is 14.2 Å². The maximum Gasteiger partial charge on any atom is 0.191 e. The van der Waals surface area contributed by atoms with E-state index < -0.39 is 5.60 Å². The van der Waals surface area contributed by atoms with Gasteiger partial charge in [-0.1, -0.05) is 12.1 Å². The molecule has 2 rings (SSSR count). The summed E-state index contributed by atoms with van der Waals surface area (Å²) in [6, 6.07) is 6.78. The van der Waals surface area contributed by atoms with Gasteiger partial charge in [0.25, 0.3) is 0 Å². The Morgan fingerprint density at radius 1 is 1.32 bits per heavy atom. The van der Waals surface area contributed by atoms with Gasteiger partial charge in [0.2, 0.25) is 0 Å². The van der Waals surface area contributed by atoms with Crippen molar-refractivity contribution in [2.75, 3.05) is 58.2 Å². The fourth-order valence-electron chi connectivity index (χ4n) is 2.77. The molecule has 1 fully saturated rings. The quantitative estimate of drug-likeness (QED) is 0.151. The van der Waals surface area contributed by atoms with Crippen LogP contribution < -0.4 is 10.6 Å². The first kappa shape index (κ1) is 25.4. The third-order valence-electron chi connectivity index (χ3n) is 4.08. The second kappa shape index (κ2) is 13.6. The molecule has 0 saturated carbocycles. The summed E-state index contributed by atoms with van der Waals surface area (Å²) in [5.41, 5.74) is -0.901. The van der Waals surface area contributed by atoms with Crippen molar-refractivity contribution in [3.63, 3.8) is 0 Å². The first-order valence-corrected chi connectivity index (χ1v) is 10.4. The normalized spacial score (nSPS) is 17.5. The lowest BCUT2D eigenvalue weighted by Gasteiger charge is -2.33. The minimum Gasteiger partial charge on any atom is -0.387 e. The van der Waals surface area contributed by atoms with Gasteiger partial charge in [-0.15, -0.1) is 35.7 Å². The molecule has 1 aromatic carbocycles. The fourth-order valence-corrected chi connectivity index (χ4v) is 3.58. The monoisotopic (exact) mass is 526 g/mol. The molecule has 1 unspecified atom stereocenters. The Morgan fingerprint density at radius 3 is 2.71 bits per heavy atom. The number of nitrogens with one attached hydrogen (secondary N) is 2. The fraction of sp³-hybridized carbons (Fsp3) is 0.632. The SMILES string of the molecule is CCNC(=NCC(C)(O)CN1CCOCC1)NCCSc1ccccc1F.I. The zero-order chi connectivity index (χ0) is 19.5. The highest BCUT2D eigenvalue weighted by Crippen LogP contribution is 2.20. The van der Waals surface area contributed by atoms with Crippen LogP contribution in [0.15, 0.2) is 34.2 Å². The van der Waals surface area contributed by atoms with Gasteiger partial charge in [-0.05, 0) is 26.0 Å². The molecule has 1 saturated heterocycles. The number of rotatable bonds is 9. The average Bonchev–Trinajstić information content (AvgIpc) is 2.65. The Balaban J connectivity index is 0.00000392. The molecule has 0 bridgehead atoms. The molecule has 9 heteroatoms. The summed E-state index contributed by atoms with van der Waals surface area (Å²) in [5, 5.41) is 17.1. The number of ether oxygens (including phenoxy) is 1. The van der Waals surface area contributed by atoms with Crippen molar-refractivity contribution in [1.82, 2.24) is 15.5 Å². The van der Waals surface area contributed by atoms with E-state index in [0.717, 1.165) is 25.4 Å². The molecular weight excluding hydrogens is 494 g/mol. The number of aliphatic imine (C=N–C) groups is 1. The van der Waals surface area contributed by atoms with Crippen molar-refractivity contribution in [3.8, 4) is 0 Å². The number of β-amino-alcohol motifs (C(OH)–C–C–N with tert-alkyl or cyclic N) is 1. The highest BCUT2D eigenvalue weighted by Gasteiger charge is 2.25. The maximum absolute atomic E-state index is 13.6. The number of aliphatic hydroxyl groups is 1. The molecule has 0 aromatic heterocycles. The van der Waals surface area contributed by atoms with Crippen LogP contribution in [0.25, 0.3) is 0 Å². The first-order chi connectivity index (χ1) is 13.0. The summed E-state index contributed by atoms with van der Waals surface area (Å²) in [4.78, 5) is 7.36. The van der Waals surface area contributed by atoms with Crippen LogP contribution in [0.2, 0.25) is 0 Å². The van der Waals surface area contributed by atoms with Crippen LogP contribution in [-0.4, -0.2) is 79.8 Å². The van der Waals surface area contributed by atoms with Crippen LogP contribution in [-0.2, 0) is 4.74 Å². The van der Waals surface area contributed by atoms with Crippen LogP contribution in [0.3, 0.4) is 0 Å². The first-order valence-electron chi connectivity index (χ1n) is 9.42. The third-order valence-corrected chi connectivity index (χ3v) is 5.13. The standard InChI is InChI=1S/C19H31FN4O2S.HI/c1-3-21-18(22-8-13-27-17-7-5-4-6-16(17)20)23-14-19(2,25)15-24-9-11-26-12-10-24;/h4-7,25H,3,8-15H2,1-2H3,(H2,21,22,23);1H. The van der Waals surface area contributed by atoms with Gasteiger partial charge < -0.3 is 20.5 Å². The molecule has 0 aliphatic carbocycles. The Hall–Kier alpha value is -0.620. The minimum atomic E-state index is -0.901. The van der Waals surface area contributed by atoms with E-state index in [-0.39, 0.29) is 29.8 Å². The zero-order valence-corrected chi connectivity index (χ0v) is 19.8. The number of guanidine groups is 1. The lowest BCUT2D eigenvalue weighted by atomic mass is 10.1. The van der Waals surface area contributed by atoms with Gasteiger partial charge in [0.1, 0.15) is 5.82 Å². The van der Waals surface area contributed by atoms with E-state index in [1.165, 1.54) is 17.8 Å². The van der Waals surface area contributed by atoms with Gasteiger partial charge in [0, 0.05) is 43.4 Å². The molecule has 0 radical (unpaired) electrons. The van der Waals surface area contributed by atoms with E-state index in [0.29, 0.717) is 43.7 Å². The Morgan fingerprint density at radius 2 is 2.04 bits per heavy atom. The highest BCUT2D eigenvalue weighted by molar-refractivity contribution is 14.0. The van der Waals surface area contributed by atoms with Crippen LogP contribution >= 0.6 is 35.7 Å². The number of nitrogens with zero attached hydrogens (tertiary/aromatic N) is 2. The van der Waals surface area contributed by atoms with Gasteiger partial charge in [-0.3, -0.25) is 9.89 Å². The summed E-state index contributed by atoms with van der Waals surface area (Å²) in [7, 11) is 0. The lowest BCUT2D eigenvalue weighted by Crippen LogP contribution is -2.48. The number of thioether (sulfide) groups is 1. The lowest BCUT2D eigenvalue weighted by molar-refractivity contribution is -0.0179. The van der Waals surface area contributed by atoms with Crippen LogP contribution in [0.4, 0.5) is 4.39 Å². The molecule has 1 aromatic rings. The second-order valence-electron chi connectivity index (χ2n) is 6.79. The Kier molecular flexibility index (Phi) is 12.3. The second-order valence-corrected chi connectivity index (χ2v) is 7.92. The molecule has 6 nitrogen and oxygen atoms in total. The smallest absolute Gasteiger partial charge is 0.191 e. The summed E-state index contributed by atoms with van der Waals surface area (Å²) in [6.45, 7) is 9.17. The van der Waals surface area contributed by atoms with E-state index >= 15 is 0 Å². The van der Waals surface area contributed by atoms with Gasteiger partial charge in [-0.2, -0.15) is 0 Å². The van der Waals surface area contributed by atoms with Gasteiger partial charge in [0.05, 0.1) is 25.4 Å². The van der Waals surface area contributed by atoms with Crippen molar-refractivity contribution in [2.45, 2.75) is 24.3 Å². The Bertz CT molecular complexity index is 601. The molecule has 0 amide bonds. The molecule has 1 aliphatic rings. The van der Waals surface area contributed by atoms with E-state index in [2.05, 4.69) is 20.5 Å². The van der Waals surface area contributed by atoms with E-state index in [9.17, 15) is 9.50 Å². The van der Waals surface area contributed by atoms with Crippen molar-refractivity contribution in [1.29, 1.82) is 0 Å². The third kappa shape index (κ3) is 9.73. The van der Waals surface area contributed by atoms with Crippen LogP contribution in [0.1, 0.15) is 13.8 Å². The van der Waals surface area contributed by atoms with Gasteiger partial charge in [0.15, 0.2) is 5.96 Å². The number of benzene rings is 1. The predicted octanol–water partition coefficient (Wildman–Crippen LogP) is 2.17. The maximum atomic E-state index is 13.6. The van der Waals surface area contributed by atoms with E-state index in [1.54, 1.807) is 12.1 Å². The minimum absolute atomic E-state index is 0. The highest BCUT2D eigenvalue weighted by atomic mass is 127. The van der Waals surface area contributed by atoms with Crippen molar-refractivity contribution in [3.05, 3.63) is 30.1 Å². The molecule has 28 heavy (non-hydrogen) atoms. The molecule has 1 aliphatic heterocycles. The number of hydrogen-bond donors (Lipinski definition) is 3. The molecule has 160 valence electrons. The Labute approximate surface area is 188 Å². The molecular formula is C19H32FIN4O2S.